The first kappa shape index (κ1) is 15.9. The average molecular weight is 360 g/mol. The van der Waals surface area contributed by atoms with E-state index in [1.165, 1.54) is 12.1 Å². The highest BCUT2D eigenvalue weighted by Crippen LogP contribution is 2.29. The van der Waals surface area contributed by atoms with Crippen LogP contribution in [0, 0.1) is 0 Å². The molecule has 0 saturated heterocycles. The van der Waals surface area contributed by atoms with Gasteiger partial charge < -0.3 is 10.1 Å². The highest BCUT2D eigenvalue weighted by Gasteiger charge is 2.31. The zero-order valence-electron chi connectivity index (χ0n) is 11.1. The quantitative estimate of drug-likeness (QED) is 0.857. The minimum absolute atomic E-state index is 0.223. The van der Waals surface area contributed by atoms with Crippen molar-refractivity contribution in [2.75, 3.05) is 7.05 Å². The number of benzene rings is 2. The van der Waals surface area contributed by atoms with Gasteiger partial charge in [0.2, 0.25) is 0 Å². The molecule has 1 unspecified atom stereocenters. The fourth-order valence-electron chi connectivity index (χ4n) is 2.10. The van der Waals surface area contributed by atoms with E-state index in [1.807, 2.05) is 24.3 Å². The Kier molecular flexibility index (Phi) is 4.90. The first-order valence-electron chi connectivity index (χ1n) is 6.17. The third-order valence-electron chi connectivity index (χ3n) is 2.90. The van der Waals surface area contributed by atoms with Crippen LogP contribution in [0.4, 0.5) is 13.2 Å². The summed E-state index contributed by atoms with van der Waals surface area (Å²) in [6, 6.07) is 13.3. The molecule has 1 atom stereocenters. The van der Waals surface area contributed by atoms with Crippen LogP contribution in [-0.4, -0.2) is 13.4 Å². The number of hydrogen-bond donors (Lipinski definition) is 1. The summed E-state index contributed by atoms with van der Waals surface area (Å²) in [7, 11) is 1.75. The molecule has 0 aliphatic carbocycles. The molecule has 2 rings (SSSR count). The van der Waals surface area contributed by atoms with Gasteiger partial charge in [0.25, 0.3) is 0 Å². The molecule has 2 aromatic carbocycles. The van der Waals surface area contributed by atoms with Crippen LogP contribution in [0.15, 0.2) is 53.0 Å². The molecule has 0 amide bonds. The first-order valence-corrected chi connectivity index (χ1v) is 6.97. The van der Waals surface area contributed by atoms with E-state index in [0.717, 1.165) is 10.0 Å². The van der Waals surface area contributed by atoms with Gasteiger partial charge in [0.1, 0.15) is 5.75 Å². The zero-order chi connectivity index (χ0) is 15.5. The smallest absolute Gasteiger partial charge is 0.406 e. The van der Waals surface area contributed by atoms with Crippen LogP contribution in [0.1, 0.15) is 17.2 Å². The van der Waals surface area contributed by atoms with Gasteiger partial charge in [-0.3, -0.25) is 0 Å². The highest BCUT2D eigenvalue weighted by atomic mass is 79.9. The van der Waals surface area contributed by atoms with Crippen LogP contribution in [0.25, 0.3) is 0 Å². The van der Waals surface area contributed by atoms with Gasteiger partial charge in [0.15, 0.2) is 0 Å². The standard InChI is InChI=1S/C15H13BrF3NO/c1-20-14(10-4-2-6-12(16)8-10)11-5-3-7-13(9-11)21-15(17,18)19/h2-9,14,20H,1H3. The predicted molar refractivity (Wildman–Crippen MR) is 78.2 cm³/mol. The minimum atomic E-state index is -4.69. The normalized spacial score (nSPS) is 13.0. The van der Waals surface area contributed by atoms with Gasteiger partial charge >= 0.3 is 6.36 Å². The van der Waals surface area contributed by atoms with Crippen molar-refractivity contribution in [3.63, 3.8) is 0 Å². The van der Waals surface area contributed by atoms with Crippen molar-refractivity contribution in [2.45, 2.75) is 12.4 Å². The summed E-state index contributed by atoms with van der Waals surface area (Å²) in [5.74, 6) is -0.227. The van der Waals surface area contributed by atoms with Crippen LogP contribution in [0.2, 0.25) is 0 Å². The van der Waals surface area contributed by atoms with E-state index < -0.39 is 6.36 Å². The lowest BCUT2D eigenvalue weighted by Crippen LogP contribution is -2.19. The van der Waals surface area contributed by atoms with Gasteiger partial charge in [-0.25, -0.2) is 0 Å². The van der Waals surface area contributed by atoms with Crippen molar-refractivity contribution in [2.24, 2.45) is 0 Å². The van der Waals surface area contributed by atoms with E-state index in [1.54, 1.807) is 19.2 Å². The third-order valence-corrected chi connectivity index (χ3v) is 3.39. The van der Waals surface area contributed by atoms with E-state index in [0.29, 0.717) is 5.56 Å². The lowest BCUT2D eigenvalue weighted by Gasteiger charge is -2.18. The number of alkyl halides is 3. The van der Waals surface area contributed by atoms with Crippen molar-refractivity contribution in [3.05, 3.63) is 64.1 Å². The molecular formula is C15H13BrF3NO. The SMILES string of the molecule is CNC(c1cccc(Br)c1)c1cccc(OC(F)(F)F)c1. The fourth-order valence-corrected chi connectivity index (χ4v) is 2.52. The second kappa shape index (κ2) is 6.49. The highest BCUT2D eigenvalue weighted by molar-refractivity contribution is 9.10. The van der Waals surface area contributed by atoms with Crippen LogP contribution in [-0.2, 0) is 0 Å². The summed E-state index contributed by atoms with van der Waals surface area (Å²) < 4.78 is 41.7. The number of halogens is 4. The van der Waals surface area contributed by atoms with Crippen molar-refractivity contribution < 1.29 is 17.9 Å². The largest absolute Gasteiger partial charge is 0.573 e. The molecule has 0 aliphatic heterocycles. The Morgan fingerprint density at radius 3 is 2.24 bits per heavy atom. The molecule has 0 radical (unpaired) electrons. The Morgan fingerprint density at radius 1 is 1.05 bits per heavy atom. The molecule has 0 aromatic heterocycles. The average Bonchev–Trinajstić information content (AvgIpc) is 2.38. The molecule has 112 valence electrons. The van der Waals surface area contributed by atoms with E-state index in [-0.39, 0.29) is 11.8 Å². The summed E-state index contributed by atoms with van der Waals surface area (Å²) in [6.07, 6.45) is -4.69. The molecule has 0 fully saturated rings. The van der Waals surface area contributed by atoms with E-state index in [9.17, 15) is 13.2 Å². The monoisotopic (exact) mass is 359 g/mol. The predicted octanol–water partition coefficient (Wildman–Crippen LogP) is 4.66. The molecule has 0 aliphatic rings. The summed E-state index contributed by atoms with van der Waals surface area (Å²) >= 11 is 3.39. The molecule has 2 nitrogen and oxygen atoms in total. The lowest BCUT2D eigenvalue weighted by atomic mass is 9.99. The fraction of sp³-hybridized carbons (Fsp3) is 0.200. The summed E-state index contributed by atoms with van der Waals surface area (Å²) in [6.45, 7) is 0. The van der Waals surface area contributed by atoms with Crippen LogP contribution in [0.3, 0.4) is 0 Å². The minimum Gasteiger partial charge on any atom is -0.406 e. The Morgan fingerprint density at radius 2 is 1.67 bits per heavy atom. The molecule has 1 N–H and O–H groups in total. The zero-order valence-corrected chi connectivity index (χ0v) is 12.7. The Balaban J connectivity index is 2.32. The van der Waals surface area contributed by atoms with Gasteiger partial charge in [-0.1, -0.05) is 40.2 Å². The molecule has 6 heteroatoms. The van der Waals surface area contributed by atoms with Gasteiger partial charge in [-0.2, -0.15) is 0 Å². The molecule has 0 heterocycles. The molecule has 0 bridgehead atoms. The van der Waals surface area contributed by atoms with E-state index >= 15 is 0 Å². The second-order valence-electron chi connectivity index (χ2n) is 4.40. The first-order chi connectivity index (χ1) is 9.89. The van der Waals surface area contributed by atoms with Crippen molar-refractivity contribution in [3.8, 4) is 5.75 Å². The van der Waals surface area contributed by atoms with Gasteiger partial charge in [-0.05, 0) is 42.4 Å². The van der Waals surface area contributed by atoms with Crippen LogP contribution >= 0.6 is 15.9 Å². The Bertz CT molecular complexity index is 616. The maximum atomic E-state index is 12.3. The number of rotatable bonds is 4. The second-order valence-corrected chi connectivity index (χ2v) is 5.31. The van der Waals surface area contributed by atoms with Gasteiger partial charge in [0.05, 0.1) is 6.04 Å². The number of ether oxygens (including phenoxy) is 1. The topological polar surface area (TPSA) is 21.3 Å². The Labute approximate surface area is 129 Å². The lowest BCUT2D eigenvalue weighted by molar-refractivity contribution is -0.274. The molecule has 21 heavy (non-hydrogen) atoms. The Hall–Kier alpha value is -1.53. The van der Waals surface area contributed by atoms with Crippen LogP contribution in [0.5, 0.6) is 5.75 Å². The summed E-state index contributed by atoms with van der Waals surface area (Å²) in [5, 5.41) is 3.09. The van der Waals surface area contributed by atoms with Gasteiger partial charge in [-0.15, -0.1) is 13.2 Å². The summed E-state index contributed by atoms with van der Waals surface area (Å²) in [5.41, 5.74) is 1.63. The molecule has 2 aromatic rings. The summed E-state index contributed by atoms with van der Waals surface area (Å²) in [4.78, 5) is 0. The van der Waals surface area contributed by atoms with Crippen molar-refractivity contribution in [1.82, 2.24) is 5.32 Å². The van der Waals surface area contributed by atoms with Crippen molar-refractivity contribution >= 4 is 15.9 Å². The number of nitrogens with one attached hydrogen (secondary N) is 1. The number of hydrogen-bond acceptors (Lipinski definition) is 2. The maximum absolute atomic E-state index is 12.3. The molecule has 0 spiro atoms. The van der Waals surface area contributed by atoms with E-state index in [2.05, 4.69) is 26.0 Å². The van der Waals surface area contributed by atoms with Gasteiger partial charge in [0, 0.05) is 4.47 Å². The van der Waals surface area contributed by atoms with Crippen LogP contribution < -0.4 is 10.1 Å². The molecule has 0 saturated carbocycles. The van der Waals surface area contributed by atoms with E-state index in [4.69, 9.17) is 0 Å². The molecular weight excluding hydrogens is 347 g/mol. The third kappa shape index (κ3) is 4.47. The maximum Gasteiger partial charge on any atom is 0.573 e. The van der Waals surface area contributed by atoms with Crippen molar-refractivity contribution in [1.29, 1.82) is 0 Å².